The van der Waals surface area contributed by atoms with Gasteiger partial charge in [-0.05, 0) is 30.5 Å². The lowest BCUT2D eigenvalue weighted by molar-refractivity contribution is -0.137. The summed E-state index contributed by atoms with van der Waals surface area (Å²) in [6.45, 7) is 0. The lowest BCUT2D eigenvalue weighted by Gasteiger charge is -2.27. The summed E-state index contributed by atoms with van der Waals surface area (Å²) in [5.74, 6) is -1.28. The van der Waals surface area contributed by atoms with E-state index in [1.165, 1.54) is 12.1 Å². The van der Waals surface area contributed by atoms with Crippen LogP contribution in [0, 0.1) is 5.92 Å². The summed E-state index contributed by atoms with van der Waals surface area (Å²) < 4.78 is 39.9. The number of nitrogens with zero attached hydrogens (tertiary/aromatic N) is 2. The second kappa shape index (κ2) is 9.45. The number of Topliss-reactive ketones (excluding diaryl/α,β-unsaturated/α-hetero) is 1. The molecule has 31 heavy (non-hydrogen) atoms. The maximum absolute atomic E-state index is 13.1. The number of carbonyl (C=O) groups is 2. The molecular weight excluding hydrogens is 413 g/mol. The van der Waals surface area contributed by atoms with E-state index in [1.807, 2.05) is 0 Å². The number of aromatic carboxylic acids is 1. The Hall–Kier alpha value is -2.97. The second-order valence-corrected chi connectivity index (χ2v) is 7.90. The van der Waals surface area contributed by atoms with Gasteiger partial charge in [0.05, 0.1) is 23.6 Å². The maximum Gasteiger partial charge on any atom is 0.416 e. The summed E-state index contributed by atoms with van der Waals surface area (Å²) in [6.07, 6.45) is 2.73. The van der Waals surface area contributed by atoms with Crippen LogP contribution in [0.25, 0.3) is 0 Å². The van der Waals surface area contributed by atoms with E-state index in [-0.39, 0.29) is 23.7 Å². The van der Waals surface area contributed by atoms with Crippen LogP contribution in [0.3, 0.4) is 0 Å². The molecule has 1 aliphatic rings. The molecule has 166 valence electrons. The second-order valence-electron chi connectivity index (χ2n) is 7.90. The van der Waals surface area contributed by atoms with Crippen LogP contribution in [0.1, 0.15) is 66.2 Å². The molecule has 1 saturated carbocycles. The number of alkyl halides is 3. The standard InChI is InChI=1S/C22H23F3N2O4/c23-22(24,25)16-8-9-27(20(29)11-16)18(10-14-4-2-1-3-5-14)19(28)12-17-7-6-15(13-26-17)21(30)31/h6-9,11,13-14,18H,1-5,10,12H2,(H,30,31)/t18-/m0/s1. The molecule has 0 unspecified atom stereocenters. The molecule has 1 aliphatic carbocycles. The van der Waals surface area contributed by atoms with Gasteiger partial charge >= 0.3 is 12.1 Å². The molecule has 0 bridgehead atoms. The van der Waals surface area contributed by atoms with E-state index in [1.54, 1.807) is 0 Å². The fourth-order valence-corrected chi connectivity index (χ4v) is 4.01. The Kier molecular flexibility index (Phi) is 6.92. The number of carboxylic acid groups (broad SMARTS) is 1. The van der Waals surface area contributed by atoms with Gasteiger partial charge in [-0.25, -0.2) is 4.79 Å². The van der Waals surface area contributed by atoms with Crippen molar-refractivity contribution in [1.82, 2.24) is 9.55 Å². The Morgan fingerprint density at radius 2 is 1.87 bits per heavy atom. The molecule has 0 aliphatic heterocycles. The first-order chi connectivity index (χ1) is 14.6. The first-order valence-electron chi connectivity index (χ1n) is 10.2. The zero-order valence-electron chi connectivity index (χ0n) is 16.8. The molecule has 2 aromatic heterocycles. The van der Waals surface area contributed by atoms with Crippen LogP contribution in [0.4, 0.5) is 13.2 Å². The Morgan fingerprint density at radius 1 is 1.16 bits per heavy atom. The molecule has 1 atom stereocenters. The Bertz CT molecular complexity index is 993. The van der Waals surface area contributed by atoms with Gasteiger partial charge in [-0.15, -0.1) is 0 Å². The third-order valence-electron chi connectivity index (χ3n) is 5.69. The Morgan fingerprint density at radius 3 is 2.42 bits per heavy atom. The molecule has 2 heterocycles. The van der Waals surface area contributed by atoms with Crippen LogP contribution in [0.5, 0.6) is 0 Å². The number of hydrogen-bond acceptors (Lipinski definition) is 4. The molecule has 0 aromatic carbocycles. The van der Waals surface area contributed by atoms with Crippen molar-refractivity contribution >= 4 is 11.8 Å². The number of aromatic nitrogens is 2. The maximum atomic E-state index is 13.1. The van der Waals surface area contributed by atoms with Crippen molar-refractivity contribution in [2.24, 2.45) is 5.92 Å². The third kappa shape index (κ3) is 5.80. The van der Waals surface area contributed by atoms with Crippen LogP contribution in [0.15, 0.2) is 41.5 Å². The lowest BCUT2D eigenvalue weighted by Crippen LogP contribution is -2.33. The van der Waals surface area contributed by atoms with Crippen LogP contribution in [-0.4, -0.2) is 26.4 Å². The monoisotopic (exact) mass is 436 g/mol. The Labute approximate surface area is 176 Å². The SMILES string of the molecule is O=C(O)c1ccc(CC(=O)[C@H](CC2CCCCC2)n2ccc(C(F)(F)F)cc2=O)nc1. The first kappa shape index (κ1) is 22.7. The van der Waals surface area contributed by atoms with Gasteiger partial charge < -0.3 is 9.67 Å². The van der Waals surface area contributed by atoms with Crippen molar-refractivity contribution in [3.63, 3.8) is 0 Å². The fraction of sp³-hybridized carbons (Fsp3) is 0.455. The molecule has 9 heteroatoms. The minimum atomic E-state index is -4.64. The average Bonchev–Trinajstić information content (AvgIpc) is 2.72. The van der Waals surface area contributed by atoms with Crippen molar-refractivity contribution in [3.8, 4) is 0 Å². The lowest BCUT2D eigenvalue weighted by atomic mass is 9.83. The molecule has 0 saturated heterocycles. The van der Waals surface area contributed by atoms with E-state index in [0.717, 1.165) is 55.1 Å². The van der Waals surface area contributed by atoms with Crippen molar-refractivity contribution in [1.29, 1.82) is 0 Å². The number of carbonyl (C=O) groups excluding carboxylic acids is 1. The van der Waals surface area contributed by atoms with E-state index in [2.05, 4.69) is 4.98 Å². The molecular formula is C22H23F3N2O4. The summed E-state index contributed by atoms with van der Waals surface area (Å²) in [5.41, 5.74) is -1.61. The van der Waals surface area contributed by atoms with E-state index >= 15 is 0 Å². The van der Waals surface area contributed by atoms with Gasteiger partial charge in [0.1, 0.15) is 0 Å². The highest BCUT2D eigenvalue weighted by atomic mass is 19.4. The number of halogens is 3. The number of rotatable bonds is 7. The summed E-state index contributed by atoms with van der Waals surface area (Å²) in [7, 11) is 0. The molecule has 1 fully saturated rings. The molecule has 2 aromatic rings. The van der Waals surface area contributed by atoms with Crippen LogP contribution in [-0.2, 0) is 17.4 Å². The summed E-state index contributed by atoms with van der Waals surface area (Å²) in [6, 6.07) is 3.18. The normalized spacial score (nSPS) is 16.1. The highest BCUT2D eigenvalue weighted by Gasteiger charge is 2.32. The van der Waals surface area contributed by atoms with Gasteiger partial charge in [0.2, 0.25) is 0 Å². The van der Waals surface area contributed by atoms with Gasteiger partial charge in [-0.3, -0.25) is 14.6 Å². The summed E-state index contributed by atoms with van der Waals surface area (Å²) in [4.78, 5) is 40.5. The molecule has 1 N–H and O–H groups in total. The average molecular weight is 436 g/mol. The largest absolute Gasteiger partial charge is 0.478 e. The summed E-state index contributed by atoms with van der Waals surface area (Å²) >= 11 is 0. The van der Waals surface area contributed by atoms with Crippen molar-refractivity contribution in [2.75, 3.05) is 0 Å². The highest BCUT2D eigenvalue weighted by molar-refractivity contribution is 5.87. The zero-order valence-corrected chi connectivity index (χ0v) is 16.8. The van der Waals surface area contributed by atoms with Crippen LogP contribution < -0.4 is 5.56 Å². The minimum Gasteiger partial charge on any atom is -0.478 e. The minimum absolute atomic E-state index is 0.0195. The third-order valence-corrected chi connectivity index (χ3v) is 5.69. The predicted octanol–water partition coefficient (Wildman–Crippen LogP) is 4.28. The van der Waals surface area contributed by atoms with E-state index in [0.29, 0.717) is 18.2 Å². The number of hydrogen-bond donors (Lipinski definition) is 1. The van der Waals surface area contributed by atoms with E-state index in [4.69, 9.17) is 5.11 Å². The summed E-state index contributed by atoms with van der Waals surface area (Å²) in [5, 5.41) is 8.96. The molecule has 0 radical (unpaired) electrons. The van der Waals surface area contributed by atoms with Crippen LogP contribution in [0.2, 0.25) is 0 Å². The Balaban J connectivity index is 1.87. The topological polar surface area (TPSA) is 89.3 Å². The molecule has 0 spiro atoms. The fourth-order valence-electron chi connectivity index (χ4n) is 4.01. The molecule has 6 nitrogen and oxygen atoms in total. The van der Waals surface area contributed by atoms with Crippen molar-refractivity contribution in [3.05, 3.63) is 63.8 Å². The van der Waals surface area contributed by atoms with Gasteiger partial charge in [0, 0.05) is 24.2 Å². The van der Waals surface area contributed by atoms with Crippen molar-refractivity contribution < 1.29 is 27.9 Å². The van der Waals surface area contributed by atoms with Gasteiger partial charge in [-0.2, -0.15) is 13.2 Å². The quantitative estimate of drug-likeness (QED) is 0.700. The van der Waals surface area contributed by atoms with Crippen molar-refractivity contribution in [2.45, 2.75) is 57.2 Å². The van der Waals surface area contributed by atoms with Crippen LogP contribution >= 0.6 is 0 Å². The van der Waals surface area contributed by atoms with Gasteiger partial charge in [0.15, 0.2) is 5.78 Å². The molecule has 3 rings (SSSR count). The number of pyridine rings is 2. The van der Waals surface area contributed by atoms with Gasteiger partial charge in [0.25, 0.3) is 5.56 Å². The number of carboxylic acids is 1. The predicted molar refractivity (Wildman–Crippen MR) is 106 cm³/mol. The highest BCUT2D eigenvalue weighted by Crippen LogP contribution is 2.32. The van der Waals surface area contributed by atoms with Gasteiger partial charge in [-0.1, -0.05) is 32.1 Å². The van der Waals surface area contributed by atoms with E-state index in [9.17, 15) is 27.6 Å². The van der Waals surface area contributed by atoms with E-state index < -0.39 is 29.3 Å². The number of ketones is 1. The zero-order chi connectivity index (χ0) is 22.6. The molecule has 0 amide bonds. The first-order valence-corrected chi connectivity index (χ1v) is 10.2. The smallest absolute Gasteiger partial charge is 0.416 e.